The zero-order chi connectivity index (χ0) is 34.1. The van der Waals surface area contributed by atoms with Crippen molar-refractivity contribution in [2.24, 2.45) is 17.3 Å². The number of nitrogens with zero attached hydrogens (tertiary/aromatic N) is 3. The maximum absolute atomic E-state index is 14.5. The van der Waals surface area contributed by atoms with Crippen molar-refractivity contribution in [3.05, 3.63) is 23.9 Å². The number of esters is 1. The van der Waals surface area contributed by atoms with Gasteiger partial charge in [-0.15, -0.1) is 0 Å². The Morgan fingerprint density at radius 2 is 1.68 bits per heavy atom. The van der Waals surface area contributed by atoms with Gasteiger partial charge in [0, 0.05) is 12.0 Å². The van der Waals surface area contributed by atoms with Gasteiger partial charge in [-0.05, 0) is 82.8 Å². The molecular formula is C36H52N4O7. The second-order valence-electron chi connectivity index (χ2n) is 15.5. The van der Waals surface area contributed by atoms with E-state index in [-0.39, 0.29) is 24.5 Å². The number of carbonyl (C=O) groups is 3. The summed E-state index contributed by atoms with van der Waals surface area (Å²) >= 11 is 0. The van der Waals surface area contributed by atoms with Gasteiger partial charge in [0.2, 0.25) is 11.8 Å². The highest BCUT2D eigenvalue weighted by atomic mass is 16.6. The number of aryl methyl sites for hydroxylation is 1. The highest BCUT2D eigenvalue weighted by molar-refractivity contribution is 5.91. The number of carbonyl (C=O) groups excluding carboxylic acids is 3. The fraction of sp³-hybridized carbons (Fsp3) is 0.694. The number of methoxy groups -OCH3 is 1. The molecule has 11 heteroatoms. The summed E-state index contributed by atoms with van der Waals surface area (Å²) in [6.45, 7) is 13.1. The number of aromatic nitrogens is 2. The molecule has 47 heavy (non-hydrogen) atoms. The number of hydrogen-bond donors (Lipinski definition) is 1. The van der Waals surface area contributed by atoms with Gasteiger partial charge >= 0.3 is 12.1 Å². The first-order chi connectivity index (χ1) is 22.1. The Balaban J connectivity index is 1.55. The van der Waals surface area contributed by atoms with Crippen LogP contribution in [0.5, 0.6) is 11.6 Å². The average molecular weight is 653 g/mol. The first-order valence-electron chi connectivity index (χ1n) is 17.2. The van der Waals surface area contributed by atoms with Crippen molar-refractivity contribution >= 4 is 29.0 Å². The molecule has 3 aliphatic rings. The highest BCUT2D eigenvalue weighted by Crippen LogP contribution is 2.36. The third kappa shape index (κ3) is 8.09. The molecule has 6 unspecified atom stereocenters. The molecule has 11 nitrogen and oxygen atoms in total. The molecule has 1 saturated carbocycles. The van der Waals surface area contributed by atoms with Crippen molar-refractivity contribution in [2.45, 2.75) is 130 Å². The van der Waals surface area contributed by atoms with Crippen LogP contribution in [-0.4, -0.2) is 76.4 Å². The van der Waals surface area contributed by atoms with Gasteiger partial charge in [0.25, 0.3) is 0 Å². The predicted molar refractivity (Wildman–Crippen MR) is 177 cm³/mol. The van der Waals surface area contributed by atoms with E-state index in [0.29, 0.717) is 23.6 Å². The molecule has 5 rings (SSSR count). The largest absolute Gasteiger partial charge is 0.497 e. The number of hydrogen-bond acceptors (Lipinski definition) is 9. The van der Waals surface area contributed by atoms with E-state index in [4.69, 9.17) is 28.9 Å². The van der Waals surface area contributed by atoms with Crippen LogP contribution in [0.4, 0.5) is 4.79 Å². The molecule has 1 aromatic carbocycles. The Labute approximate surface area is 278 Å². The Hall–Kier alpha value is -3.63. The van der Waals surface area contributed by atoms with Gasteiger partial charge in [-0.25, -0.2) is 19.6 Å². The van der Waals surface area contributed by atoms with Crippen molar-refractivity contribution in [3.8, 4) is 11.6 Å². The SMILES string of the molecule is COc1ccc2nc3c(nc2c1)OC1CN(C(=O)C(C(C)(C)C)NC(=O)OC2CCCC2CCCCC3)C(C(=O)OC(C)(C)C)C1C. The monoisotopic (exact) mass is 652 g/mol. The van der Waals surface area contributed by atoms with E-state index in [9.17, 15) is 14.4 Å². The molecule has 2 fully saturated rings. The number of ether oxygens (including phenoxy) is 4. The lowest BCUT2D eigenvalue weighted by atomic mass is 9.85. The molecule has 2 aliphatic heterocycles. The lowest BCUT2D eigenvalue weighted by Gasteiger charge is -2.36. The van der Waals surface area contributed by atoms with Crippen molar-refractivity contribution in [1.29, 1.82) is 0 Å². The predicted octanol–water partition coefficient (Wildman–Crippen LogP) is 6.00. The molecule has 3 heterocycles. The topological polar surface area (TPSA) is 129 Å². The minimum absolute atomic E-state index is 0.106. The zero-order valence-electron chi connectivity index (χ0n) is 29.3. The third-order valence-corrected chi connectivity index (χ3v) is 9.61. The summed E-state index contributed by atoms with van der Waals surface area (Å²) in [6.07, 6.45) is 6.00. The number of amides is 2. The number of rotatable bonds is 2. The summed E-state index contributed by atoms with van der Waals surface area (Å²) in [6, 6.07) is 3.70. The van der Waals surface area contributed by atoms with Gasteiger partial charge in [0.05, 0.1) is 24.7 Å². The Kier molecular flexibility index (Phi) is 10.2. The van der Waals surface area contributed by atoms with Gasteiger partial charge in [-0.2, -0.15) is 0 Å². The average Bonchev–Trinajstić information content (AvgIpc) is 3.56. The van der Waals surface area contributed by atoms with Gasteiger partial charge in [0.1, 0.15) is 41.3 Å². The molecule has 1 aromatic heterocycles. The quantitative estimate of drug-likeness (QED) is 0.388. The summed E-state index contributed by atoms with van der Waals surface area (Å²) in [4.78, 5) is 53.0. The standard InChI is InChI=1S/C36H52N4O7/c1-21-28-20-40(29(21)33(42)47-36(5,6)7)32(41)30(35(2,3)4)39-34(43)46-27-16-12-14-22(27)13-10-9-11-15-25-31(45-28)38-26-19-23(44-8)17-18-24(26)37-25/h17-19,21-22,27-30H,9-16,20H2,1-8H3,(H,39,43). The van der Waals surface area contributed by atoms with Crippen LogP contribution in [0.15, 0.2) is 18.2 Å². The number of benzene rings is 1. The van der Waals surface area contributed by atoms with Gasteiger partial charge < -0.3 is 29.2 Å². The van der Waals surface area contributed by atoms with Crippen LogP contribution in [0, 0.1) is 17.3 Å². The van der Waals surface area contributed by atoms with E-state index in [1.165, 1.54) is 4.90 Å². The van der Waals surface area contributed by atoms with Crippen LogP contribution >= 0.6 is 0 Å². The zero-order valence-corrected chi connectivity index (χ0v) is 29.3. The van der Waals surface area contributed by atoms with E-state index in [2.05, 4.69) is 5.32 Å². The minimum Gasteiger partial charge on any atom is -0.497 e. The molecule has 2 amide bonds. The normalized spacial score (nSPS) is 27.9. The van der Waals surface area contributed by atoms with Crippen LogP contribution in [-0.2, 0) is 25.5 Å². The van der Waals surface area contributed by atoms with Crippen LogP contribution < -0.4 is 14.8 Å². The first kappa shape index (κ1) is 34.7. The van der Waals surface area contributed by atoms with Crippen LogP contribution in [0.2, 0.25) is 0 Å². The molecule has 1 aliphatic carbocycles. The van der Waals surface area contributed by atoms with Crippen molar-refractivity contribution in [2.75, 3.05) is 13.7 Å². The Morgan fingerprint density at radius 3 is 2.38 bits per heavy atom. The number of fused-ring (bicyclic) bond motifs is 5. The Bertz CT molecular complexity index is 1470. The van der Waals surface area contributed by atoms with Crippen molar-refractivity contribution in [3.63, 3.8) is 0 Å². The molecule has 6 atom stereocenters. The summed E-state index contributed by atoms with van der Waals surface area (Å²) in [5.74, 6) is -0.0121. The number of alkyl carbamates (subject to hydrolysis) is 1. The van der Waals surface area contributed by atoms with Crippen molar-refractivity contribution in [1.82, 2.24) is 20.2 Å². The minimum atomic E-state index is -0.951. The van der Waals surface area contributed by atoms with E-state index in [1.54, 1.807) is 27.9 Å². The summed E-state index contributed by atoms with van der Waals surface area (Å²) in [5.41, 5.74) is 0.679. The molecule has 258 valence electrons. The highest BCUT2D eigenvalue weighted by Gasteiger charge is 2.51. The fourth-order valence-electron chi connectivity index (χ4n) is 7.09. The Morgan fingerprint density at radius 1 is 0.936 bits per heavy atom. The second kappa shape index (κ2) is 13.8. The van der Waals surface area contributed by atoms with E-state index in [1.807, 2.05) is 45.9 Å². The van der Waals surface area contributed by atoms with E-state index >= 15 is 0 Å². The second-order valence-corrected chi connectivity index (χ2v) is 15.5. The fourth-order valence-corrected chi connectivity index (χ4v) is 7.09. The summed E-state index contributed by atoms with van der Waals surface area (Å²) < 4.78 is 23.9. The molecule has 2 aromatic rings. The molecule has 2 bridgehead atoms. The van der Waals surface area contributed by atoms with Crippen LogP contribution in [0.1, 0.15) is 99.1 Å². The molecule has 0 spiro atoms. The van der Waals surface area contributed by atoms with Gasteiger partial charge in [-0.1, -0.05) is 40.5 Å². The third-order valence-electron chi connectivity index (χ3n) is 9.61. The molecule has 0 radical (unpaired) electrons. The summed E-state index contributed by atoms with van der Waals surface area (Å²) in [7, 11) is 1.61. The maximum atomic E-state index is 14.5. The summed E-state index contributed by atoms with van der Waals surface area (Å²) in [5, 5.41) is 2.90. The lowest BCUT2D eigenvalue weighted by molar-refractivity contribution is -0.165. The van der Waals surface area contributed by atoms with E-state index < -0.39 is 47.2 Å². The van der Waals surface area contributed by atoms with E-state index in [0.717, 1.165) is 56.2 Å². The number of nitrogens with one attached hydrogen (secondary N) is 1. The lowest BCUT2D eigenvalue weighted by Crippen LogP contribution is -2.58. The maximum Gasteiger partial charge on any atom is 0.408 e. The van der Waals surface area contributed by atoms with Crippen LogP contribution in [0.3, 0.4) is 0 Å². The smallest absolute Gasteiger partial charge is 0.408 e. The van der Waals surface area contributed by atoms with Gasteiger partial charge in [-0.3, -0.25) is 4.79 Å². The molecule has 1 saturated heterocycles. The van der Waals surface area contributed by atoms with Crippen molar-refractivity contribution < 1.29 is 33.3 Å². The van der Waals surface area contributed by atoms with Gasteiger partial charge in [0.15, 0.2) is 0 Å². The molecule has 1 N–H and O–H groups in total. The van der Waals surface area contributed by atoms with Crippen LogP contribution in [0.25, 0.3) is 11.0 Å². The first-order valence-corrected chi connectivity index (χ1v) is 17.2. The molecular weight excluding hydrogens is 600 g/mol.